The van der Waals surface area contributed by atoms with Crippen molar-refractivity contribution in [2.24, 2.45) is 5.73 Å². The fourth-order valence-electron chi connectivity index (χ4n) is 3.01. The van der Waals surface area contributed by atoms with Crippen molar-refractivity contribution in [3.8, 4) is 11.1 Å². The van der Waals surface area contributed by atoms with Gasteiger partial charge in [-0.1, -0.05) is 24.3 Å². The molecule has 0 aromatic heterocycles. The van der Waals surface area contributed by atoms with Gasteiger partial charge in [0, 0.05) is 11.6 Å². The molecule has 0 aliphatic rings. The largest absolute Gasteiger partial charge is 0.466 e. The first-order valence-electron chi connectivity index (χ1n) is 8.13. The second-order valence-electron chi connectivity index (χ2n) is 6.02. The third-order valence-electron chi connectivity index (χ3n) is 4.25. The first-order valence-corrected chi connectivity index (χ1v) is 8.13. The Hall–Kier alpha value is -1.91. The molecule has 1 unspecified atom stereocenters. The highest BCUT2D eigenvalue weighted by molar-refractivity contribution is 5.85. The van der Waals surface area contributed by atoms with Crippen molar-refractivity contribution in [2.45, 2.75) is 40.2 Å². The molecule has 5 heteroatoms. The summed E-state index contributed by atoms with van der Waals surface area (Å²) < 4.78 is 19.6. The quantitative estimate of drug-likeness (QED) is 0.775. The van der Waals surface area contributed by atoms with E-state index in [9.17, 15) is 9.18 Å². The molecule has 0 fully saturated rings. The summed E-state index contributed by atoms with van der Waals surface area (Å²) in [5.74, 6) is -0.760. The fourth-order valence-corrected chi connectivity index (χ4v) is 3.01. The van der Waals surface area contributed by atoms with Crippen LogP contribution in [0.1, 0.15) is 41.6 Å². The molecule has 3 nitrogen and oxygen atoms in total. The summed E-state index contributed by atoms with van der Waals surface area (Å²) in [5, 5.41) is 0. The summed E-state index contributed by atoms with van der Waals surface area (Å²) in [6.45, 7) is 7.61. The molecule has 2 aromatic carbocycles. The molecule has 25 heavy (non-hydrogen) atoms. The Labute approximate surface area is 154 Å². The number of ether oxygens (including phenoxy) is 1. The Morgan fingerprint density at radius 2 is 1.80 bits per heavy atom. The van der Waals surface area contributed by atoms with Gasteiger partial charge in [0.2, 0.25) is 0 Å². The molecule has 0 heterocycles. The van der Waals surface area contributed by atoms with Gasteiger partial charge in [0.25, 0.3) is 0 Å². The smallest absolute Gasteiger partial charge is 0.307 e. The number of esters is 1. The van der Waals surface area contributed by atoms with Crippen LogP contribution in [0.5, 0.6) is 0 Å². The molecular weight excluding hydrogens is 341 g/mol. The summed E-state index contributed by atoms with van der Waals surface area (Å²) in [4.78, 5) is 11.7. The lowest BCUT2D eigenvalue weighted by molar-refractivity contribution is -0.143. The van der Waals surface area contributed by atoms with Gasteiger partial charge in [0.05, 0.1) is 13.0 Å². The third kappa shape index (κ3) is 4.59. The highest BCUT2D eigenvalue weighted by Crippen LogP contribution is 2.34. The minimum absolute atomic E-state index is 0. The zero-order valence-corrected chi connectivity index (χ0v) is 15.9. The summed E-state index contributed by atoms with van der Waals surface area (Å²) >= 11 is 0. The zero-order chi connectivity index (χ0) is 17.9. The monoisotopic (exact) mass is 365 g/mol. The standard InChI is InChI=1S/C20H24FNO2.ClH/c1-5-24-18(23)11-17(22)19-14(4)16(10-13(3)20(19)21)15-9-7-6-8-12(15)2;/h6-10,17H,5,11,22H2,1-4H3;1H. The van der Waals surface area contributed by atoms with Crippen LogP contribution in [-0.4, -0.2) is 12.6 Å². The number of carbonyl (C=O) groups excluding carboxylic acids is 1. The summed E-state index contributed by atoms with van der Waals surface area (Å²) in [6.07, 6.45) is -0.0394. The van der Waals surface area contributed by atoms with E-state index in [4.69, 9.17) is 10.5 Å². The zero-order valence-electron chi connectivity index (χ0n) is 15.1. The molecular formula is C20H25ClFNO2. The number of nitrogens with two attached hydrogens (primary N) is 1. The van der Waals surface area contributed by atoms with Gasteiger partial charge in [-0.3, -0.25) is 4.79 Å². The molecule has 0 amide bonds. The minimum Gasteiger partial charge on any atom is -0.466 e. The van der Waals surface area contributed by atoms with Crippen molar-refractivity contribution in [1.82, 2.24) is 0 Å². The summed E-state index contributed by atoms with van der Waals surface area (Å²) in [6, 6.07) is 9.07. The molecule has 136 valence electrons. The topological polar surface area (TPSA) is 52.3 Å². The van der Waals surface area contributed by atoms with E-state index in [1.165, 1.54) is 0 Å². The molecule has 2 aromatic rings. The maximum atomic E-state index is 14.7. The highest BCUT2D eigenvalue weighted by Gasteiger charge is 2.22. The number of hydrogen-bond acceptors (Lipinski definition) is 3. The number of hydrogen-bond donors (Lipinski definition) is 1. The van der Waals surface area contributed by atoms with E-state index >= 15 is 0 Å². The van der Waals surface area contributed by atoms with E-state index in [-0.39, 0.29) is 31.3 Å². The minimum atomic E-state index is -0.730. The van der Waals surface area contributed by atoms with Crippen molar-refractivity contribution < 1.29 is 13.9 Å². The number of aryl methyl sites for hydroxylation is 2. The SMILES string of the molecule is CCOC(=O)CC(N)c1c(C)c(-c2ccccc2C)cc(C)c1F.Cl. The molecule has 0 radical (unpaired) electrons. The van der Waals surface area contributed by atoms with E-state index in [1.807, 2.05) is 44.2 Å². The first-order chi connectivity index (χ1) is 11.4. The van der Waals surface area contributed by atoms with Gasteiger partial charge in [-0.05, 0) is 61.6 Å². The lowest BCUT2D eigenvalue weighted by Gasteiger charge is -2.20. The Morgan fingerprint density at radius 3 is 2.40 bits per heavy atom. The first kappa shape index (κ1) is 21.1. The summed E-state index contributed by atoms with van der Waals surface area (Å²) in [7, 11) is 0. The van der Waals surface area contributed by atoms with Crippen LogP contribution in [0, 0.1) is 26.6 Å². The number of rotatable bonds is 5. The van der Waals surface area contributed by atoms with Crippen molar-refractivity contribution in [1.29, 1.82) is 0 Å². The van der Waals surface area contributed by atoms with E-state index in [1.54, 1.807) is 13.8 Å². The second kappa shape index (κ2) is 8.97. The molecule has 0 saturated heterocycles. The number of benzene rings is 2. The van der Waals surface area contributed by atoms with E-state index in [0.717, 1.165) is 22.3 Å². The lowest BCUT2D eigenvalue weighted by atomic mass is 9.88. The van der Waals surface area contributed by atoms with Gasteiger partial charge in [0.15, 0.2) is 0 Å². The Morgan fingerprint density at radius 1 is 1.16 bits per heavy atom. The second-order valence-corrected chi connectivity index (χ2v) is 6.02. The van der Waals surface area contributed by atoms with E-state index < -0.39 is 12.0 Å². The molecule has 1 atom stereocenters. The van der Waals surface area contributed by atoms with Crippen molar-refractivity contribution in [3.05, 3.63) is 58.4 Å². The maximum absolute atomic E-state index is 14.7. The summed E-state index contributed by atoms with van der Waals surface area (Å²) in [5.41, 5.74) is 10.9. The average molecular weight is 366 g/mol. The van der Waals surface area contributed by atoms with Crippen LogP contribution >= 0.6 is 12.4 Å². The molecule has 0 aliphatic heterocycles. The molecule has 2 N–H and O–H groups in total. The van der Waals surface area contributed by atoms with Crippen LogP contribution in [0.3, 0.4) is 0 Å². The predicted molar refractivity (Wildman–Crippen MR) is 101 cm³/mol. The normalized spacial score (nSPS) is 11.6. The van der Waals surface area contributed by atoms with Crippen LogP contribution in [0.15, 0.2) is 30.3 Å². The lowest BCUT2D eigenvalue weighted by Crippen LogP contribution is -2.20. The van der Waals surface area contributed by atoms with Crippen molar-refractivity contribution in [2.75, 3.05) is 6.61 Å². The van der Waals surface area contributed by atoms with Crippen molar-refractivity contribution in [3.63, 3.8) is 0 Å². The predicted octanol–water partition coefficient (Wildman–Crippen LogP) is 4.79. The Bertz CT molecular complexity index is 762. The maximum Gasteiger partial charge on any atom is 0.307 e. The molecule has 0 spiro atoms. The van der Waals surface area contributed by atoms with Gasteiger partial charge in [-0.2, -0.15) is 0 Å². The number of carbonyl (C=O) groups is 1. The van der Waals surface area contributed by atoms with Crippen LogP contribution < -0.4 is 5.73 Å². The van der Waals surface area contributed by atoms with Gasteiger partial charge in [0.1, 0.15) is 5.82 Å². The van der Waals surface area contributed by atoms with E-state index in [2.05, 4.69) is 0 Å². The average Bonchev–Trinajstić information content (AvgIpc) is 2.52. The molecule has 0 aliphatic carbocycles. The van der Waals surface area contributed by atoms with Crippen LogP contribution in [0.25, 0.3) is 11.1 Å². The Balaban J connectivity index is 0.00000312. The van der Waals surface area contributed by atoms with Gasteiger partial charge in [-0.25, -0.2) is 4.39 Å². The van der Waals surface area contributed by atoms with Crippen LogP contribution in [0.2, 0.25) is 0 Å². The van der Waals surface area contributed by atoms with Gasteiger partial charge in [-0.15, -0.1) is 12.4 Å². The van der Waals surface area contributed by atoms with Crippen LogP contribution in [-0.2, 0) is 9.53 Å². The van der Waals surface area contributed by atoms with Crippen molar-refractivity contribution >= 4 is 18.4 Å². The third-order valence-corrected chi connectivity index (χ3v) is 4.25. The highest BCUT2D eigenvalue weighted by atomic mass is 35.5. The molecule has 0 bridgehead atoms. The number of halogens is 2. The molecule has 0 saturated carbocycles. The van der Waals surface area contributed by atoms with Crippen LogP contribution in [0.4, 0.5) is 4.39 Å². The Kier molecular flexibility index (Phi) is 7.59. The fraction of sp³-hybridized carbons (Fsp3) is 0.350. The molecule has 2 rings (SSSR count). The van der Waals surface area contributed by atoms with Gasteiger partial charge < -0.3 is 10.5 Å². The van der Waals surface area contributed by atoms with Gasteiger partial charge >= 0.3 is 5.97 Å². The van der Waals surface area contributed by atoms with E-state index in [0.29, 0.717) is 11.1 Å².